The highest BCUT2D eigenvalue weighted by atomic mass is 32.2. The summed E-state index contributed by atoms with van der Waals surface area (Å²) >= 11 is 0. The van der Waals surface area contributed by atoms with Gasteiger partial charge in [0.25, 0.3) is 10.0 Å². The minimum Gasteiger partial charge on any atom is -0.465 e. The fourth-order valence-corrected chi connectivity index (χ4v) is 3.52. The van der Waals surface area contributed by atoms with Crippen molar-refractivity contribution in [1.29, 1.82) is 0 Å². The normalized spacial score (nSPS) is 11.2. The lowest BCUT2D eigenvalue weighted by Crippen LogP contribution is -2.16. The molecule has 0 saturated carbocycles. The number of hydrogen-bond acceptors (Lipinski definition) is 5. The molecule has 1 N–H and O–H groups in total. The molecule has 0 atom stereocenters. The van der Waals surface area contributed by atoms with E-state index in [4.69, 9.17) is 0 Å². The van der Waals surface area contributed by atoms with E-state index < -0.39 is 16.0 Å². The number of carbonyl (C=O) groups excluding carboxylic acids is 1. The molecule has 8 heteroatoms. The summed E-state index contributed by atoms with van der Waals surface area (Å²) in [5, 5.41) is 4.33. The molecule has 0 bridgehead atoms. The highest BCUT2D eigenvalue weighted by Crippen LogP contribution is 2.21. The van der Waals surface area contributed by atoms with Gasteiger partial charge >= 0.3 is 5.97 Å². The predicted molar refractivity (Wildman–Crippen MR) is 96.9 cm³/mol. The Labute approximate surface area is 151 Å². The van der Waals surface area contributed by atoms with Crippen LogP contribution in [-0.4, -0.2) is 31.3 Å². The van der Waals surface area contributed by atoms with Gasteiger partial charge in [0, 0.05) is 6.07 Å². The van der Waals surface area contributed by atoms with Gasteiger partial charge < -0.3 is 4.74 Å². The summed E-state index contributed by atoms with van der Waals surface area (Å²) < 4.78 is 34.2. The Morgan fingerprint density at radius 3 is 2.50 bits per heavy atom. The minimum atomic E-state index is -3.91. The van der Waals surface area contributed by atoms with E-state index in [1.54, 1.807) is 13.0 Å². The molecule has 0 radical (unpaired) electrons. The molecule has 134 valence electrons. The fourth-order valence-electron chi connectivity index (χ4n) is 2.44. The maximum atomic E-state index is 12.8. The van der Waals surface area contributed by atoms with Gasteiger partial charge in [-0.3, -0.25) is 4.72 Å². The van der Waals surface area contributed by atoms with Crippen LogP contribution >= 0.6 is 0 Å². The maximum Gasteiger partial charge on any atom is 0.337 e. The van der Waals surface area contributed by atoms with E-state index >= 15 is 0 Å². The van der Waals surface area contributed by atoms with Crippen LogP contribution in [0.5, 0.6) is 0 Å². The Kier molecular flexibility index (Phi) is 4.77. The summed E-state index contributed by atoms with van der Waals surface area (Å²) in [6.07, 6.45) is 0. The lowest BCUT2D eigenvalue weighted by Gasteiger charge is -2.11. The largest absolute Gasteiger partial charge is 0.465 e. The van der Waals surface area contributed by atoms with Crippen LogP contribution in [0.25, 0.3) is 5.69 Å². The van der Waals surface area contributed by atoms with Crippen molar-refractivity contribution >= 4 is 21.8 Å². The van der Waals surface area contributed by atoms with Crippen molar-refractivity contribution in [3.8, 4) is 5.69 Å². The molecule has 0 saturated heterocycles. The number of hydrogen-bond donors (Lipinski definition) is 1. The van der Waals surface area contributed by atoms with E-state index in [0.717, 1.165) is 5.69 Å². The van der Waals surface area contributed by atoms with E-state index in [2.05, 4.69) is 14.6 Å². The highest BCUT2D eigenvalue weighted by molar-refractivity contribution is 7.92. The van der Waals surface area contributed by atoms with Crippen LogP contribution in [0.1, 0.15) is 16.1 Å². The van der Waals surface area contributed by atoms with Crippen LogP contribution in [0.2, 0.25) is 0 Å². The van der Waals surface area contributed by atoms with E-state index in [1.807, 2.05) is 30.3 Å². The molecule has 0 spiro atoms. The maximum absolute atomic E-state index is 12.8. The van der Waals surface area contributed by atoms with Gasteiger partial charge in [0.15, 0.2) is 0 Å². The Morgan fingerprint density at radius 1 is 1.08 bits per heavy atom. The number of aromatic nitrogens is 2. The summed E-state index contributed by atoms with van der Waals surface area (Å²) in [6.45, 7) is 1.77. The zero-order chi connectivity index (χ0) is 18.7. The van der Waals surface area contributed by atoms with Crippen LogP contribution in [0, 0.1) is 6.92 Å². The number of para-hydroxylation sites is 1. The molecule has 26 heavy (non-hydrogen) atoms. The molecule has 0 aliphatic heterocycles. The third-order valence-electron chi connectivity index (χ3n) is 3.64. The first-order chi connectivity index (χ1) is 12.4. The lowest BCUT2D eigenvalue weighted by atomic mass is 10.2. The van der Waals surface area contributed by atoms with Crippen molar-refractivity contribution in [2.45, 2.75) is 11.8 Å². The number of sulfonamides is 1. The molecule has 1 aromatic heterocycles. The van der Waals surface area contributed by atoms with E-state index in [1.165, 1.54) is 36.1 Å². The van der Waals surface area contributed by atoms with Gasteiger partial charge in [0.1, 0.15) is 5.82 Å². The molecule has 0 aliphatic carbocycles. The second-order valence-corrected chi connectivity index (χ2v) is 7.23. The van der Waals surface area contributed by atoms with Gasteiger partial charge in [-0.25, -0.2) is 17.9 Å². The Morgan fingerprint density at radius 2 is 1.81 bits per heavy atom. The molecule has 2 aromatic carbocycles. The summed E-state index contributed by atoms with van der Waals surface area (Å²) in [5.41, 5.74) is 1.54. The first-order valence-corrected chi connectivity index (χ1v) is 9.22. The third-order valence-corrected chi connectivity index (χ3v) is 4.99. The number of benzene rings is 2. The molecule has 3 aromatic rings. The van der Waals surface area contributed by atoms with Gasteiger partial charge in [0.2, 0.25) is 0 Å². The standard InChI is InChI=1S/C18H17N3O4S/c1-13-11-17(21(19-13)15-8-4-3-5-9-15)20-26(23,24)16-10-6-7-14(12-16)18(22)25-2/h3-12,20H,1-2H3. The van der Waals surface area contributed by atoms with Crippen LogP contribution in [0.4, 0.5) is 5.82 Å². The predicted octanol–water partition coefficient (Wildman–Crippen LogP) is 2.77. The summed E-state index contributed by atoms with van der Waals surface area (Å²) in [6, 6.07) is 16.5. The van der Waals surface area contributed by atoms with Crippen LogP contribution < -0.4 is 4.72 Å². The number of methoxy groups -OCH3 is 1. The van der Waals surface area contributed by atoms with Crippen LogP contribution in [-0.2, 0) is 14.8 Å². The van der Waals surface area contributed by atoms with Crippen molar-refractivity contribution < 1.29 is 17.9 Å². The SMILES string of the molecule is COC(=O)c1cccc(S(=O)(=O)Nc2cc(C)nn2-c2ccccc2)c1. The zero-order valence-electron chi connectivity index (χ0n) is 14.2. The molecule has 1 heterocycles. The summed E-state index contributed by atoms with van der Waals surface area (Å²) in [4.78, 5) is 11.6. The van der Waals surface area contributed by atoms with Crippen LogP contribution in [0.15, 0.2) is 65.6 Å². The zero-order valence-corrected chi connectivity index (χ0v) is 15.0. The molecule has 0 amide bonds. The average molecular weight is 371 g/mol. The number of rotatable bonds is 5. The lowest BCUT2D eigenvalue weighted by molar-refractivity contribution is 0.0600. The molecular formula is C18H17N3O4S. The number of carbonyl (C=O) groups is 1. The summed E-state index contributed by atoms with van der Waals surface area (Å²) in [5.74, 6) is -0.301. The van der Waals surface area contributed by atoms with Gasteiger partial charge in [-0.15, -0.1) is 0 Å². The molecule has 7 nitrogen and oxygen atoms in total. The average Bonchev–Trinajstić information content (AvgIpc) is 3.01. The van der Waals surface area contributed by atoms with Gasteiger partial charge in [-0.1, -0.05) is 24.3 Å². The van der Waals surface area contributed by atoms with Crippen LogP contribution in [0.3, 0.4) is 0 Å². The highest BCUT2D eigenvalue weighted by Gasteiger charge is 2.19. The number of ether oxygens (including phenoxy) is 1. The third kappa shape index (κ3) is 3.60. The van der Waals surface area contributed by atoms with E-state index in [9.17, 15) is 13.2 Å². The minimum absolute atomic E-state index is 0.0427. The smallest absolute Gasteiger partial charge is 0.337 e. The van der Waals surface area contributed by atoms with E-state index in [-0.39, 0.29) is 10.5 Å². The number of aryl methyl sites for hydroxylation is 1. The van der Waals surface area contributed by atoms with Gasteiger partial charge in [-0.05, 0) is 37.3 Å². The molecule has 0 unspecified atom stereocenters. The van der Waals surface area contributed by atoms with Crippen molar-refractivity contribution in [3.63, 3.8) is 0 Å². The van der Waals surface area contributed by atoms with Gasteiger partial charge in [-0.2, -0.15) is 5.10 Å². The summed E-state index contributed by atoms with van der Waals surface area (Å²) in [7, 11) is -2.67. The molecular weight excluding hydrogens is 354 g/mol. The van der Waals surface area contributed by atoms with Crippen molar-refractivity contribution in [2.75, 3.05) is 11.8 Å². The Balaban J connectivity index is 1.98. The first-order valence-electron chi connectivity index (χ1n) is 7.74. The fraction of sp³-hybridized carbons (Fsp3) is 0.111. The number of nitrogens with zero attached hydrogens (tertiary/aromatic N) is 2. The van der Waals surface area contributed by atoms with Crippen molar-refractivity contribution in [1.82, 2.24) is 9.78 Å². The number of nitrogens with one attached hydrogen (secondary N) is 1. The topological polar surface area (TPSA) is 90.3 Å². The van der Waals surface area contributed by atoms with Gasteiger partial charge in [0.05, 0.1) is 29.0 Å². The Hall–Kier alpha value is -3.13. The number of anilines is 1. The van der Waals surface area contributed by atoms with Crippen molar-refractivity contribution in [2.24, 2.45) is 0 Å². The molecule has 0 aliphatic rings. The Bertz CT molecular complexity index is 1040. The van der Waals surface area contributed by atoms with E-state index in [0.29, 0.717) is 11.5 Å². The first kappa shape index (κ1) is 17.7. The quantitative estimate of drug-likeness (QED) is 0.697. The molecule has 0 fully saturated rings. The monoisotopic (exact) mass is 371 g/mol. The second-order valence-electron chi connectivity index (χ2n) is 5.54. The van der Waals surface area contributed by atoms with Crippen molar-refractivity contribution in [3.05, 3.63) is 71.9 Å². The second kappa shape index (κ2) is 7.01. The molecule has 3 rings (SSSR count). The number of esters is 1.